The minimum absolute atomic E-state index is 0.0435. The first kappa shape index (κ1) is 17.7. The van der Waals surface area contributed by atoms with Crippen molar-refractivity contribution in [2.75, 3.05) is 11.9 Å². The van der Waals surface area contributed by atoms with Gasteiger partial charge in [-0.05, 0) is 44.0 Å². The molecule has 1 aliphatic rings. The van der Waals surface area contributed by atoms with Crippen LogP contribution >= 0.6 is 11.8 Å². The van der Waals surface area contributed by atoms with Gasteiger partial charge in [0.2, 0.25) is 5.91 Å². The zero-order valence-corrected chi connectivity index (χ0v) is 16.1. The van der Waals surface area contributed by atoms with Crippen molar-refractivity contribution in [1.29, 1.82) is 0 Å². The molecule has 7 heteroatoms. The number of hydrogen-bond acceptors (Lipinski definition) is 5. The number of nitrogens with zero attached hydrogens (tertiary/aromatic N) is 5. The van der Waals surface area contributed by atoms with Gasteiger partial charge in [0, 0.05) is 36.7 Å². The van der Waals surface area contributed by atoms with E-state index in [0.717, 1.165) is 35.1 Å². The number of carbonyl (C=O) groups is 1. The number of hydrogen-bond donors (Lipinski definition) is 0. The molecule has 0 bridgehead atoms. The van der Waals surface area contributed by atoms with Crippen molar-refractivity contribution in [3.05, 3.63) is 54.9 Å². The number of thioether (sulfide) groups is 1. The van der Waals surface area contributed by atoms with Crippen molar-refractivity contribution < 1.29 is 4.79 Å². The quantitative estimate of drug-likeness (QED) is 0.609. The predicted molar refractivity (Wildman–Crippen MR) is 107 cm³/mol. The number of para-hydroxylation sites is 1. The molecule has 1 atom stereocenters. The molecule has 27 heavy (non-hydrogen) atoms. The summed E-state index contributed by atoms with van der Waals surface area (Å²) in [6, 6.07) is 14.0. The van der Waals surface area contributed by atoms with Crippen molar-refractivity contribution in [3.8, 4) is 11.4 Å². The van der Waals surface area contributed by atoms with E-state index in [9.17, 15) is 4.79 Å². The fourth-order valence-corrected chi connectivity index (χ4v) is 3.99. The lowest BCUT2D eigenvalue weighted by atomic mass is 10.2. The van der Waals surface area contributed by atoms with Crippen LogP contribution in [0.15, 0.2) is 60.0 Å². The van der Waals surface area contributed by atoms with Crippen molar-refractivity contribution in [2.45, 2.75) is 36.2 Å². The van der Waals surface area contributed by atoms with E-state index >= 15 is 0 Å². The van der Waals surface area contributed by atoms with Gasteiger partial charge in [-0.1, -0.05) is 30.0 Å². The summed E-state index contributed by atoms with van der Waals surface area (Å²) in [4.78, 5) is 18.6. The zero-order chi connectivity index (χ0) is 18.8. The van der Waals surface area contributed by atoms with E-state index in [1.165, 1.54) is 11.8 Å². The maximum atomic E-state index is 12.9. The molecular weight excluding hydrogens is 358 g/mol. The van der Waals surface area contributed by atoms with Gasteiger partial charge in [-0.2, -0.15) is 0 Å². The van der Waals surface area contributed by atoms with Crippen LogP contribution in [0, 0.1) is 0 Å². The number of amides is 1. The van der Waals surface area contributed by atoms with E-state index in [4.69, 9.17) is 0 Å². The molecule has 3 aromatic rings. The zero-order valence-electron chi connectivity index (χ0n) is 15.3. The Morgan fingerprint density at radius 2 is 1.85 bits per heavy atom. The van der Waals surface area contributed by atoms with Crippen LogP contribution in [0.2, 0.25) is 0 Å². The largest absolute Gasteiger partial charge is 0.315 e. The van der Waals surface area contributed by atoms with E-state index in [0.29, 0.717) is 6.04 Å². The maximum absolute atomic E-state index is 12.9. The number of anilines is 1. The Bertz CT molecular complexity index is 924. The van der Waals surface area contributed by atoms with Gasteiger partial charge in [0.1, 0.15) is 0 Å². The summed E-state index contributed by atoms with van der Waals surface area (Å²) in [5.41, 5.74) is 1.88. The van der Waals surface area contributed by atoms with Crippen LogP contribution in [0.25, 0.3) is 11.4 Å². The molecular formula is C20H21N5OS. The van der Waals surface area contributed by atoms with Gasteiger partial charge in [-0.15, -0.1) is 10.2 Å². The summed E-state index contributed by atoms with van der Waals surface area (Å²) in [5, 5.41) is 9.33. The third-order valence-corrected chi connectivity index (χ3v) is 5.66. The van der Waals surface area contributed by atoms with Crippen LogP contribution in [-0.2, 0) is 4.79 Å². The summed E-state index contributed by atoms with van der Waals surface area (Å²) in [5.74, 6) is 0.889. The lowest BCUT2D eigenvalue weighted by Gasteiger charge is -2.21. The van der Waals surface area contributed by atoms with Gasteiger partial charge >= 0.3 is 0 Å². The first-order chi connectivity index (χ1) is 13.1. The molecule has 6 nitrogen and oxygen atoms in total. The highest BCUT2D eigenvalue weighted by Gasteiger charge is 2.32. The Balaban J connectivity index is 1.56. The van der Waals surface area contributed by atoms with Gasteiger partial charge in [0.15, 0.2) is 11.0 Å². The maximum Gasteiger partial charge on any atom is 0.240 e. The van der Waals surface area contributed by atoms with E-state index in [-0.39, 0.29) is 11.2 Å². The molecule has 1 aromatic carbocycles. The standard InChI is InChI=1S/C20H21N5OS/c1-14(19(26)24(2)16-6-4-3-5-7-16)27-20-23-22-18(25(20)17-8-9-17)15-10-12-21-13-11-15/h3-7,10-14,17H,8-9H2,1-2H3/t14-/m0/s1. The van der Waals surface area contributed by atoms with E-state index in [1.54, 1.807) is 17.3 Å². The molecule has 1 amide bonds. The minimum Gasteiger partial charge on any atom is -0.315 e. The Hall–Kier alpha value is -2.67. The van der Waals surface area contributed by atoms with Crippen LogP contribution in [0.3, 0.4) is 0 Å². The molecule has 0 radical (unpaired) electrons. The molecule has 2 aromatic heterocycles. The third kappa shape index (κ3) is 3.73. The molecule has 2 heterocycles. The van der Waals surface area contributed by atoms with Crippen LogP contribution in [0.1, 0.15) is 25.8 Å². The Kier molecular flexibility index (Phi) is 4.94. The minimum atomic E-state index is -0.262. The highest BCUT2D eigenvalue weighted by atomic mass is 32.2. The second-order valence-corrected chi connectivity index (χ2v) is 7.94. The summed E-state index contributed by atoms with van der Waals surface area (Å²) in [6.45, 7) is 1.92. The monoisotopic (exact) mass is 379 g/mol. The molecule has 4 rings (SSSR count). The van der Waals surface area contributed by atoms with Gasteiger partial charge in [-0.25, -0.2) is 0 Å². The lowest BCUT2D eigenvalue weighted by Crippen LogP contribution is -2.33. The second kappa shape index (κ2) is 7.52. The van der Waals surface area contributed by atoms with E-state index in [1.807, 2.05) is 56.4 Å². The Morgan fingerprint density at radius 3 is 2.52 bits per heavy atom. The number of aromatic nitrogens is 4. The van der Waals surface area contributed by atoms with Crippen molar-refractivity contribution in [3.63, 3.8) is 0 Å². The molecule has 0 unspecified atom stereocenters. The average Bonchev–Trinajstić information content (AvgIpc) is 3.48. The molecule has 0 aliphatic heterocycles. The van der Waals surface area contributed by atoms with Crippen molar-refractivity contribution in [1.82, 2.24) is 19.7 Å². The van der Waals surface area contributed by atoms with E-state index < -0.39 is 0 Å². The van der Waals surface area contributed by atoms with Crippen molar-refractivity contribution >= 4 is 23.4 Å². The Morgan fingerprint density at radius 1 is 1.15 bits per heavy atom. The first-order valence-corrected chi connectivity index (χ1v) is 9.87. The summed E-state index contributed by atoms with van der Waals surface area (Å²) in [7, 11) is 1.81. The molecule has 0 saturated heterocycles. The SMILES string of the molecule is C[C@H](Sc1nnc(-c2ccncc2)n1C1CC1)C(=O)N(C)c1ccccc1. The van der Waals surface area contributed by atoms with Crippen LogP contribution in [0.4, 0.5) is 5.69 Å². The fraction of sp³-hybridized carbons (Fsp3) is 0.300. The molecule has 1 aliphatic carbocycles. The molecule has 1 saturated carbocycles. The van der Waals surface area contributed by atoms with Crippen LogP contribution in [-0.4, -0.2) is 38.0 Å². The highest BCUT2D eigenvalue weighted by molar-refractivity contribution is 8.00. The summed E-state index contributed by atoms with van der Waals surface area (Å²) >= 11 is 1.47. The number of pyridine rings is 1. The summed E-state index contributed by atoms with van der Waals surface area (Å²) in [6.07, 6.45) is 5.76. The average molecular weight is 379 g/mol. The van der Waals surface area contributed by atoms with Gasteiger partial charge in [0.25, 0.3) is 0 Å². The molecule has 1 fully saturated rings. The smallest absolute Gasteiger partial charge is 0.240 e. The highest BCUT2D eigenvalue weighted by Crippen LogP contribution is 2.41. The second-order valence-electron chi connectivity index (χ2n) is 6.64. The summed E-state index contributed by atoms with van der Waals surface area (Å²) < 4.78 is 2.17. The fourth-order valence-electron chi connectivity index (χ4n) is 2.98. The van der Waals surface area contributed by atoms with E-state index in [2.05, 4.69) is 19.7 Å². The van der Waals surface area contributed by atoms with Gasteiger partial charge in [0.05, 0.1) is 5.25 Å². The number of rotatable bonds is 6. The van der Waals surface area contributed by atoms with Crippen LogP contribution in [0.5, 0.6) is 0 Å². The normalized spacial score (nSPS) is 14.7. The number of benzene rings is 1. The topological polar surface area (TPSA) is 63.9 Å². The van der Waals surface area contributed by atoms with Gasteiger partial charge in [-0.3, -0.25) is 14.3 Å². The Labute approximate surface area is 162 Å². The van der Waals surface area contributed by atoms with Gasteiger partial charge < -0.3 is 4.90 Å². The van der Waals surface area contributed by atoms with Crippen LogP contribution < -0.4 is 4.90 Å². The molecule has 0 N–H and O–H groups in total. The molecule has 0 spiro atoms. The predicted octanol–water partition coefficient (Wildman–Crippen LogP) is 3.82. The lowest BCUT2D eigenvalue weighted by molar-refractivity contribution is -0.117. The van der Waals surface area contributed by atoms with Crippen molar-refractivity contribution in [2.24, 2.45) is 0 Å². The third-order valence-electron chi connectivity index (χ3n) is 4.62. The molecule has 138 valence electrons. The first-order valence-electron chi connectivity index (χ1n) is 8.99. The number of carbonyl (C=O) groups excluding carboxylic acids is 1.